The van der Waals surface area contributed by atoms with Crippen LogP contribution in [-0.4, -0.2) is 61.7 Å². The summed E-state index contributed by atoms with van der Waals surface area (Å²) < 4.78 is 43.5. The van der Waals surface area contributed by atoms with E-state index in [9.17, 15) is 23.2 Å². The van der Waals surface area contributed by atoms with Crippen LogP contribution < -0.4 is 10.1 Å². The lowest BCUT2D eigenvalue weighted by Gasteiger charge is -2.42. The molecular weight excluding hydrogens is 450 g/mol. The minimum atomic E-state index is -0.869. The molecule has 180 valence electrons. The van der Waals surface area contributed by atoms with Crippen LogP contribution in [0.4, 0.5) is 14.5 Å². The number of ether oxygens (including phenoxy) is 3. The fourth-order valence-corrected chi connectivity index (χ4v) is 4.26. The van der Waals surface area contributed by atoms with E-state index in [1.165, 1.54) is 25.3 Å². The van der Waals surface area contributed by atoms with E-state index >= 15 is 0 Å². The number of hydrogen-bond donors (Lipinski definition) is 1. The molecule has 0 aliphatic carbocycles. The highest BCUT2D eigenvalue weighted by Gasteiger charge is 2.39. The fraction of sp³-hybridized carbons (Fsp3) is 0.375. The maximum atomic E-state index is 13.5. The average molecular weight is 474 g/mol. The van der Waals surface area contributed by atoms with E-state index in [2.05, 4.69) is 5.32 Å². The molecule has 2 aliphatic heterocycles. The second-order valence-electron chi connectivity index (χ2n) is 8.27. The van der Waals surface area contributed by atoms with Gasteiger partial charge in [-0.1, -0.05) is 0 Å². The summed E-state index contributed by atoms with van der Waals surface area (Å²) in [5.74, 6) is -2.83. The van der Waals surface area contributed by atoms with Gasteiger partial charge in [0.25, 0.3) is 11.8 Å². The van der Waals surface area contributed by atoms with Crippen LogP contribution in [0.25, 0.3) is 0 Å². The number of esters is 1. The topological polar surface area (TPSA) is 94.2 Å². The zero-order valence-electron chi connectivity index (χ0n) is 18.7. The molecule has 0 spiro atoms. The number of halogens is 2. The van der Waals surface area contributed by atoms with Crippen molar-refractivity contribution in [1.82, 2.24) is 4.90 Å². The number of carbonyl (C=O) groups is 3. The Morgan fingerprint density at radius 1 is 1.15 bits per heavy atom. The van der Waals surface area contributed by atoms with Crippen molar-refractivity contribution in [1.29, 1.82) is 0 Å². The summed E-state index contributed by atoms with van der Waals surface area (Å²) in [6.45, 7) is 0.168. The van der Waals surface area contributed by atoms with Crippen molar-refractivity contribution in [3.63, 3.8) is 0 Å². The fourth-order valence-electron chi connectivity index (χ4n) is 4.26. The van der Waals surface area contributed by atoms with Crippen LogP contribution in [0, 0.1) is 11.6 Å². The van der Waals surface area contributed by atoms with E-state index in [1.807, 2.05) is 0 Å². The molecule has 0 radical (unpaired) electrons. The van der Waals surface area contributed by atoms with Crippen molar-refractivity contribution in [3.8, 4) is 5.75 Å². The highest BCUT2D eigenvalue weighted by atomic mass is 19.1. The molecule has 2 amide bonds. The number of nitrogens with zero attached hydrogens (tertiary/aromatic N) is 1. The Hall–Kier alpha value is -3.53. The second kappa shape index (κ2) is 9.76. The molecule has 0 saturated carbocycles. The van der Waals surface area contributed by atoms with Gasteiger partial charge in [0.15, 0.2) is 0 Å². The highest BCUT2D eigenvalue weighted by Crippen LogP contribution is 2.32. The zero-order valence-corrected chi connectivity index (χ0v) is 18.7. The lowest BCUT2D eigenvalue weighted by atomic mass is 9.94. The predicted octanol–water partition coefficient (Wildman–Crippen LogP) is 3.16. The van der Waals surface area contributed by atoms with Gasteiger partial charge < -0.3 is 24.4 Å². The number of fused-ring (bicyclic) bond motifs is 2. The minimum absolute atomic E-state index is 0.131. The number of methoxy groups -OCH3 is 1. The molecule has 0 unspecified atom stereocenters. The molecule has 2 heterocycles. The van der Waals surface area contributed by atoms with E-state index in [0.29, 0.717) is 24.7 Å². The summed E-state index contributed by atoms with van der Waals surface area (Å²) in [7, 11) is 2.99. The third-order valence-corrected chi connectivity index (χ3v) is 6.02. The van der Waals surface area contributed by atoms with Gasteiger partial charge in [-0.25, -0.2) is 8.78 Å². The quantitative estimate of drug-likeness (QED) is 0.685. The Kier molecular flexibility index (Phi) is 6.78. The highest BCUT2D eigenvalue weighted by molar-refractivity contribution is 6.05. The van der Waals surface area contributed by atoms with Crippen molar-refractivity contribution < 1.29 is 37.4 Å². The van der Waals surface area contributed by atoms with Crippen molar-refractivity contribution in [2.75, 3.05) is 26.1 Å². The summed E-state index contributed by atoms with van der Waals surface area (Å²) >= 11 is 0. The molecule has 2 aromatic carbocycles. The van der Waals surface area contributed by atoms with Crippen LogP contribution in [0.2, 0.25) is 0 Å². The Bertz CT molecular complexity index is 1100. The standard InChI is InChI=1S/C24H24F2N2O6/c1-28-19-5-4-17(11-22(29)32-2)34-21(19)12-33-20-6-3-16(10-18(20)24(28)31)27-23(30)13-7-14(25)9-15(26)8-13/h3,6-10,17,19,21H,4-5,11-12H2,1-2H3,(H,27,30)/t17-,19+,21+/m1/s1. The number of nitrogens with one attached hydrogen (secondary N) is 1. The van der Waals surface area contributed by atoms with Crippen molar-refractivity contribution in [3.05, 3.63) is 59.2 Å². The van der Waals surface area contributed by atoms with Gasteiger partial charge in [-0.2, -0.15) is 0 Å². The molecule has 34 heavy (non-hydrogen) atoms. The Morgan fingerprint density at radius 3 is 2.59 bits per heavy atom. The van der Waals surface area contributed by atoms with Gasteiger partial charge in [0.1, 0.15) is 30.1 Å². The molecule has 3 atom stereocenters. The number of amides is 2. The summed E-state index contributed by atoms with van der Waals surface area (Å²) in [6.07, 6.45) is 0.597. The van der Waals surface area contributed by atoms with E-state index in [0.717, 1.165) is 12.1 Å². The van der Waals surface area contributed by atoms with Crippen LogP contribution in [0.1, 0.15) is 40.0 Å². The molecule has 2 aromatic rings. The maximum Gasteiger partial charge on any atom is 0.308 e. The summed E-state index contributed by atoms with van der Waals surface area (Å²) in [6, 6.07) is 6.79. The molecule has 1 fully saturated rings. The minimum Gasteiger partial charge on any atom is -0.490 e. The van der Waals surface area contributed by atoms with Crippen LogP contribution in [0.15, 0.2) is 36.4 Å². The summed E-state index contributed by atoms with van der Waals surface area (Å²) in [4.78, 5) is 38.9. The van der Waals surface area contributed by atoms with E-state index in [4.69, 9.17) is 14.2 Å². The molecule has 2 aliphatic rings. The molecule has 0 bridgehead atoms. The van der Waals surface area contributed by atoms with Crippen molar-refractivity contribution in [2.24, 2.45) is 0 Å². The van der Waals surface area contributed by atoms with Gasteiger partial charge in [0.2, 0.25) is 0 Å². The lowest BCUT2D eigenvalue weighted by molar-refractivity contribution is -0.151. The Morgan fingerprint density at radius 2 is 1.88 bits per heavy atom. The first kappa shape index (κ1) is 23.6. The van der Waals surface area contributed by atoms with Gasteiger partial charge in [-0.05, 0) is 43.2 Å². The molecular formula is C24H24F2N2O6. The molecule has 0 aromatic heterocycles. The first-order valence-corrected chi connectivity index (χ1v) is 10.8. The zero-order chi connectivity index (χ0) is 24.4. The first-order valence-electron chi connectivity index (χ1n) is 10.8. The van der Waals surface area contributed by atoms with Crippen LogP contribution in [0.5, 0.6) is 5.75 Å². The van der Waals surface area contributed by atoms with Gasteiger partial charge in [-0.15, -0.1) is 0 Å². The number of benzene rings is 2. The smallest absolute Gasteiger partial charge is 0.308 e. The van der Waals surface area contributed by atoms with Gasteiger partial charge in [0.05, 0.1) is 31.2 Å². The maximum absolute atomic E-state index is 13.5. The van der Waals surface area contributed by atoms with Crippen LogP contribution in [0.3, 0.4) is 0 Å². The number of likely N-dealkylation sites (N-methyl/N-ethyl adjacent to an activating group) is 1. The largest absolute Gasteiger partial charge is 0.490 e. The third-order valence-electron chi connectivity index (χ3n) is 6.02. The number of rotatable bonds is 4. The van der Waals surface area contributed by atoms with Gasteiger partial charge in [-0.3, -0.25) is 14.4 Å². The molecule has 4 rings (SSSR count). The van der Waals surface area contributed by atoms with Crippen LogP contribution in [-0.2, 0) is 14.3 Å². The van der Waals surface area contributed by atoms with E-state index in [-0.39, 0.29) is 53.9 Å². The van der Waals surface area contributed by atoms with Gasteiger partial charge >= 0.3 is 5.97 Å². The predicted molar refractivity (Wildman–Crippen MR) is 117 cm³/mol. The third kappa shape index (κ3) is 5.01. The normalized spacial score (nSPS) is 21.9. The van der Waals surface area contributed by atoms with Gasteiger partial charge in [0, 0.05) is 24.4 Å². The SMILES string of the molecule is COC(=O)C[C@H]1CC[C@H]2[C@H](COc3ccc(NC(=O)c4cc(F)cc(F)c4)cc3C(=O)N2C)O1. The first-order chi connectivity index (χ1) is 16.2. The number of anilines is 1. The molecule has 1 N–H and O–H groups in total. The summed E-state index contributed by atoms with van der Waals surface area (Å²) in [5, 5.41) is 2.55. The monoisotopic (exact) mass is 474 g/mol. The van der Waals surface area contributed by atoms with Crippen LogP contribution >= 0.6 is 0 Å². The Balaban J connectivity index is 1.52. The van der Waals surface area contributed by atoms with E-state index in [1.54, 1.807) is 11.9 Å². The number of carbonyl (C=O) groups excluding carboxylic acids is 3. The lowest BCUT2D eigenvalue weighted by Crippen LogP contribution is -2.53. The molecule has 1 saturated heterocycles. The Labute approximate surface area is 194 Å². The second-order valence-corrected chi connectivity index (χ2v) is 8.27. The number of hydrogen-bond acceptors (Lipinski definition) is 6. The van der Waals surface area contributed by atoms with E-state index < -0.39 is 23.6 Å². The van der Waals surface area contributed by atoms with Crippen molar-refractivity contribution >= 4 is 23.5 Å². The average Bonchev–Trinajstić information content (AvgIpc) is 2.81. The van der Waals surface area contributed by atoms with Crippen molar-refractivity contribution in [2.45, 2.75) is 37.5 Å². The molecule has 8 nitrogen and oxygen atoms in total. The summed E-state index contributed by atoms with van der Waals surface area (Å²) in [5.41, 5.74) is 0.322. The molecule has 10 heteroatoms.